The molecule has 0 aliphatic heterocycles. The van der Waals surface area contributed by atoms with Gasteiger partial charge < -0.3 is 21.1 Å². The molecule has 0 radical (unpaired) electrons. The molecular weight excluding hydrogens is 298 g/mol. The zero-order valence-electron chi connectivity index (χ0n) is 13.2. The number of carbonyl (C=O) groups excluding carboxylic acids is 2. The number of benzene rings is 1. The van der Waals surface area contributed by atoms with Crippen LogP contribution in [-0.4, -0.2) is 35.6 Å². The number of carbonyl (C=O) groups is 3. The molecule has 23 heavy (non-hydrogen) atoms. The summed E-state index contributed by atoms with van der Waals surface area (Å²) in [5.41, 5.74) is 0.0527. The van der Waals surface area contributed by atoms with Crippen LogP contribution in [-0.2, 0) is 21.5 Å². The van der Waals surface area contributed by atoms with Gasteiger partial charge in [0.2, 0.25) is 5.91 Å². The predicted octanol–water partition coefficient (Wildman–Crippen LogP) is 0.737. The van der Waals surface area contributed by atoms with E-state index in [0.29, 0.717) is 12.0 Å². The number of aryl methyl sites for hydroxylation is 1. The molecule has 1 atom stereocenters. The smallest absolute Gasteiger partial charge is 0.334 e. The third-order valence-electron chi connectivity index (χ3n) is 3.80. The van der Waals surface area contributed by atoms with Gasteiger partial charge in [0.25, 0.3) is 0 Å². The van der Waals surface area contributed by atoms with Crippen molar-refractivity contribution >= 4 is 17.9 Å². The zero-order valence-corrected chi connectivity index (χ0v) is 13.2. The standard InChI is InChI=1S/C16H21N3O4/c1-10(2)18-13(20)9-17-15(23)19-16(14(21)22)8-7-11-5-3-4-6-12(11)16/h3-6,10H,7-9H2,1-2H3,(H,18,20)(H,21,22)(H2,17,19,23). The number of nitrogens with one attached hydrogen (secondary N) is 3. The summed E-state index contributed by atoms with van der Waals surface area (Å²) < 4.78 is 0. The summed E-state index contributed by atoms with van der Waals surface area (Å²) in [4.78, 5) is 35.4. The van der Waals surface area contributed by atoms with Gasteiger partial charge in [0, 0.05) is 6.04 Å². The molecule has 2 rings (SSSR count). The quantitative estimate of drug-likeness (QED) is 0.642. The third-order valence-corrected chi connectivity index (χ3v) is 3.80. The number of aliphatic carboxylic acids is 1. The van der Waals surface area contributed by atoms with Gasteiger partial charge in [0.15, 0.2) is 5.54 Å². The normalized spacial score (nSPS) is 19.1. The van der Waals surface area contributed by atoms with Crippen LogP contribution >= 0.6 is 0 Å². The van der Waals surface area contributed by atoms with E-state index < -0.39 is 17.5 Å². The van der Waals surface area contributed by atoms with Crippen LogP contribution in [0.1, 0.15) is 31.4 Å². The van der Waals surface area contributed by atoms with Crippen LogP contribution in [0.15, 0.2) is 24.3 Å². The topological polar surface area (TPSA) is 108 Å². The molecule has 1 aliphatic rings. The predicted molar refractivity (Wildman–Crippen MR) is 83.9 cm³/mol. The Bertz CT molecular complexity index is 630. The Morgan fingerprint density at radius 3 is 2.61 bits per heavy atom. The van der Waals surface area contributed by atoms with E-state index in [2.05, 4.69) is 16.0 Å². The molecule has 0 heterocycles. The molecule has 1 aromatic carbocycles. The fourth-order valence-corrected chi connectivity index (χ4v) is 2.79. The minimum atomic E-state index is -1.45. The maximum absolute atomic E-state index is 12.0. The second-order valence-corrected chi connectivity index (χ2v) is 5.90. The van der Waals surface area contributed by atoms with E-state index in [1.807, 2.05) is 26.0 Å². The van der Waals surface area contributed by atoms with Crippen LogP contribution in [0.5, 0.6) is 0 Å². The summed E-state index contributed by atoms with van der Waals surface area (Å²) in [7, 11) is 0. The molecule has 0 saturated carbocycles. The molecular formula is C16H21N3O4. The van der Waals surface area contributed by atoms with Gasteiger partial charge in [-0.05, 0) is 37.8 Å². The molecule has 0 saturated heterocycles. The molecule has 1 aromatic rings. The number of hydrogen-bond acceptors (Lipinski definition) is 3. The van der Waals surface area contributed by atoms with Crippen LogP contribution in [0, 0.1) is 0 Å². The summed E-state index contributed by atoms with van der Waals surface area (Å²) in [5, 5.41) is 17.2. The number of hydrogen-bond donors (Lipinski definition) is 4. The lowest BCUT2D eigenvalue weighted by Crippen LogP contribution is -2.54. The highest BCUT2D eigenvalue weighted by Gasteiger charge is 2.46. The maximum Gasteiger partial charge on any atom is 0.334 e. The van der Waals surface area contributed by atoms with Gasteiger partial charge in [0.1, 0.15) is 0 Å². The van der Waals surface area contributed by atoms with E-state index in [1.54, 1.807) is 12.1 Å². The largest absolute Gasteiger partial charge is 0.479 e. The van der Waals surface area contributed by atoms with Gasteiger partial charge in [-0.1, -0.05) is 24.3 Å². The first kappa shape index (κ1) is 16.8. The van der Waals surface area contributed by atoms with E-state index >= 15 is 0 Å². The van der Waals surface area contributed by atoms with Crippen molar-refractivity contribution in [3.05, 3.63) is 35.4 Å². The van der Waals surface area contributed by atoms with Gasteiger partial charge in [-0.15, -0.1) is 0 Å². The van der Waals surface area contributed by atoms with Crippen molar-refractivity contribution in [1.82, 2.24) is 16.0 Å². The van der Waals surface area contributed by atoms with E-state index in [-0.39, 0.29) is 24.9 Å². The molecule has 7 heteroatoms. The number of rotatable bonds is 5. The van der Waals surface area contributed by atoms with Gasteiger partial charge in [-0.3, -0.25) is 4.79 Å². The lowest BCUT2D eigenvalue weighted by atomic mass is 9.92. The zero-order chi connectivity index (χ0) is 17.0. The third kappa shape index (κ3) is 3.61. The fourth-order valence-electron chi connectivity index (χ4n) is 2.79. The molecule has 0 aromatic heterocycles. The summed E-state index contributed by atoms with van der Waals surface area (Å²) in [5.74, 6) is -1.43. The molecule has 7 nitrogen and oxygen atoms in total. The minimum Gasteiger partial charge on any atom is -0.479 e. The van der Waals surface area contributed by atoms with E-state index in [4.69, 9.17) is 0 Å². The number of fused-ring (bicyclic) bond motifs is 1. The summed E-state index contributed by atoms with van der Waals surface area (Å²) >= 11 is 0. The molecule has 0 bridgehead atoms. The number of urea groups is 1. The van der Waals surface area contributed by atoms with Crippen molar-refractivity contribution in [3.63, 3.8) is 0 Å². The SMILES string of the molecule is CC(C)NC(=O)CNC(=O)NC1(C(=O)O)CCc2ccccc21. The molecule has 4 N–H and O–H groups in total. The number of carboxylic acid groups (broad SMARTS) is 1. The first-order chi connectivity index (χ1) is 10.8. The van der Waals surface area contributed by atoms with Crippen molar-refractivity contribution < 1.29 is 19.5 Å². The molecule has 124 valence electrons. The van der Waals surface area contributed by atoms with E-state index in [1.165, 1.54) is 0 Å². The average Bonchev–Trinajstić information content (AvgIpc) is 2.85. The summed E-state index contributed by atoms with van der Waals surface area (Å²) in [6.45, 7) is 3.42. The Balaban J connectivity index is 2.06. The number of carboxylic acids is 1. The Morgan fingerprint density at radius 2 is 1.96 bits per heavy atom. The van der Waals surface area contributed by atoms with E-state index in [9.17, 15) is 19.5 Å². The van der Waals surface area contributed by atoms with Crippen LogP contribution in [0.25, 0.3) is 0 Å². The molecule has 1 aliphatic carbocycles. The van der Waals surface area contributed by atoms with Crippen LogP contribution in [0.4, 0.5) is 4.79 Å². The Labute approximate surface area is 134 Å². The van der Waals surface area contributed by atoms with Crippen molar-refractivity contribution in [2.45, 2.75) is 38.3 Å². The van der Waals surface area contributed by atoms with Crippen molar-refractivity contribution in [2.24, 2.45) is 0 Å². The number of amides is 3. The average molecular weight is 319 g/mol. The second-order valence-electron chi connectivity index (χ2n) is 5.90. The molecule has 3 amide bonds. The lowest BCUT2D eigenvalue weighted by molar-refractivity contribution is -0.144. The Morgan fingerprint density at radius 1 is 1.26 bits per heavy atom. The van der Waals surface area contributed by atoms with Crippen LogP contribution in [0.2, 0.25) is 0 Å². The second kappa shape index (κ2) is 6.68. The van der Waals surface area contributed by atoms with E-state index in [0.717, 1.165) is 5.56 Å². The maximum atomic E-state index is 12.0. The van der Waals surface area contributed by atoms with Gasteiger partial charge in [-0.2, -0.15) is 0 Å². The van der Waals surface area contributed by atoms with Crippen LogP contribution in [0.3, 0.4) is 0 Å². The monoisotopic (exact) mass is 319 g/mol. The summed E-state index contributed by atoms with van der Waals surface area (Å²) in [6, 6.07) is 6.45. The van der Waals surface area contributed by atoms with Crippen molar-refractivity contribution in [2.75, 3.05) is 6.54 Å². The highest BCUT2D eigenvalue weighted by Crippen LogP contribution is 2.37. The summed E-state index contributed by atoms with van der Waals surface area (Å²) in [6.07, 6.45) is 0.865. The molecule has 1 unspecified atom stereocenters. The van der Waals surface area contributed by atoms with Gasteiger partial charge >= 0.3 is 12.0 Å². The van der Waals surface area contributed by atoms with Crippen molar-refractivity contribution in [3.8, 4) is 0 Å². The van der Waals surface area contributed by atoms with Gasteiger partial charge in [0.05, 0.1) is 6.54 Å². The minimum absolute atomic E-state index is 0.0283. The first-order valence-corrected chi connectivity index (χ1v) is 7.52. The fraction of sp³-hybridized carbons (Fsp3) is 0.438. The molecule has 0 fully saturated rings. The van der Waals surface area contributed by atoms with Crippen molar-refractivity contribution in [1.29, 1.82) is 0 Å². The Kier molecular flexibility index (Phi) is 4.88. The highest BCUT2D eigenvalue weighted by atomic mass is 16.4. The lowest BCUT2D eigenvalue weighted by Gasteiger charge is -2.27. The highest BCUT2D eigenvalue weighted by molar-refractivity contribution is 5.90. The first-order valence-electron chi connectivity index (χ1n) is 7.52. The van der Waals surface area contributed by atoms with Crippen LogP contribution < -0.4 is 16.0 Å². The Hall–Kier alpha value is -2.57. The molecule has 0 spiro atoms. The van der Waals surface area contributed by atoms with Gasteiger partial charge in [-0.25, -0.2) is 9.59 Å².